The summed E-state index contributed by atoms with van der Waals surface area (Å²) in [6.07, 6.45) is 0.899. The fraction of sp³-hybridized carbons (Fsp3) is 0.700. The molecular formula is C10H18N2O. The fourth-order valence-corrected chi connectivity index (χ4v) is 1.49. The average Bonchev–Trinajstić information content (AvgIpc) is 2.28. The molecule has 1 N–H and O–H groups in total. The molecule has 0 radical (unpaired) electrons. The molecule has 0 aliphatic carbocycles. The third kappa shape index (κ3) is 1.69. The summed E-state index contributed by atoms with van der Waals surface area (Å²) >= 11 is 0. The van der Waals surface area contributed by atoms with Gasteiger partial charge in [-0.3, -0.25) is 4.68 Å². The molecule has 0 spiro atoms. The van der Waals surface area contributed by atoms with Crippen molar-refractivity contribution in [3.63, 3.8) is 0 Å². The Morgan fingerprint density at radius 2 is 1.92 bits per heavy atom. The van der Waals surface area contributed by atoms with Crippen molar-refractivity contribution in [1.29, 1.82) is 0 Å². The third-order valence-corrected chi connectivity index (χ3v) is 2.19. The van der Waals surface area contributed by atoms with Crippen molar-refractivity contribution in [2.24, 2.45) is 0 Å². The van der Waals surface area contributed by atoms with Crippen LogP contribution >= 0.6 is 0 Å². The van der Waals surface area contributed by atoms with Crippen LogP contribution in [0.2, 0.25) is 0 Å². The fourth-order valence-electron chi connectivity index (χ4n) is 1.49. The second kappa shape index (κ2) is 3.05. The first kappa shape index (κ1) is 10.1. The highest BCUT2D eigenvalue weighted by Gasteiger charge is 2.21. The lowest BCUT2D eigenvalue weighted by atomic mass is 10.1. The van der Waals surface area contributed by atoms with Crippen molar-refractivity contribution < 1.29 is 5.11 Å². The molecule has 13 heavy (non-hydrogen) atoms. The zero-order valence-corrected chi connectivity index (χ0v) is 9.05. The van der Waals surface area contributed by atoms with Crippen LogP contribution < -0.4 is 0 Å². The Hall–Kier alpha value is -0.990. The van der Waals surface area contributed by atoms with Gasteiger partial charge >= 0.3 is 0 Å². The van der Waals surface area contributed by atoms with Gasteiger partial charge in [0.25, 0.3) is 0 Å². The summed E-state index contributed by atoms with van der Waals surface area (Å²) < 4.78 is 1.90. The van der Waals surface area contributed by atoms with E-state index in [0.717, 1.165) is 17.7 Å². The molecule has 0 aliphatic heterocycles. The molecule has 0 unspecified atom stereocenters. The van der Waals surface area contributed by atoms with Gasteiger partial charge in [0.05, 0.1) is 5.54 Å². The van der Waals surface area contributed by atoms with Crippen LogP contribution in [0.4, 0.5) is 0 Å². The van der Waals surface area contributed by atoms with Crippen molar-refractivity contribution in [3.05, 3.63) is 11.3 Å². The van der Waals surface area contributed by atoms with Crippen LogP contribution in [0.1, 0.15) is 39.0 Å². The highest BCUT2D eigenvalue weighted by molar-refractivity contribution is 5.29. The highest BCUT2D eigenvalue weighted by Crippen LogP contribution is 2.25. The summed E-state index contributed by atoms with van der Waals surface area (Å²) in [4.78, 5) is 0. The molecule has 3 nitrogen and oxygen atoms in total. The molecule has 0 aliphatic rings. The molecule has 1 heterocycles. The van der Waals surface area contributed by atoms with Crippen LogP contribution in [0.5, 0.6) is 5.88 Å². The van der Waals surface area contributed by atoms with E-state index in [1.165, 1.54) is 0 Å². The molecule has 0 bridgehead atoms. The molecule has 74 valence electrons. The van der Waals surface area contributed by atoms with Crippen LogP contribution in [0.25, 0.3) is 0 Å². The van der Waals surface area contributed by atoms with E-state index in [1.54, 1.807) is 0 Å². The monoisotopic (exact) mass is 182 g/mol. The van der Waals surface area contributed by atoms with E-state index in [2.05, 4.69) is 32.8 Å². The lowest BCUT2D eigenvalue weighted by Crippen LogP contribution is -2.25. The van der Waals surface area contributed by atoms with E-state index in [1.807, 2.05) is 11.6 Å². The molecule has 1 aromatic heterocycles. The molecule has 0 saturated carbocycles. The van der Waals surface area contributed by atoms with Crippen LogP contribution in [0.15, 0.2) is 0 Å². The molecule has 0 saturated heterocycles. The van der Waals surface area contributed by atoms with E-state index in [9.17, 15) is 5.11 Å². The standard InChI is InChI=1S/C10H18N2O/c1-6-8-7(2)9(13)11-12(8)10(3,4)5/h6H2,1-5H3,(H,11,13). The first-order valence-corrected chi connectivity index (χ1v) is 4.66. The lowest BCUT2D eigenvalue weighted by Gasteiger charge is -2.21. The summed E-state index contributed by atoms with van der Waals surface area (Å²) in [6, 6.07) is 0. The number of aromatic nitrogens is 2. The van der Waals surface area contributed by atoms with Crippen molar-refractivity contribution in [2.45, 2.75) is 46.6 Å². The topological polar surface area (TPSA) is 38.1 Å². The molecule has 0 fully saturated rings. The van der Waals surface area contributed by atoms with E-state index >= 15 is 0 Å². The van der Waals surface area contributed by atoms with Gasteiger partial charge in [-0.2, -0.15) is 0 Å². The maximum Gasteiger partial charge on any atom is 0.233 e. The summed E-state index contributed by atoms with van der Waals surface area (Å²) in [5.41, 5.74) is 1.96. The van der Waals surface area contributed by atoms with Gasteiger partial charge < -0.3 is 5.11 Å². The Kier molecular flexibility index (Phi) is 2.37. The van der Waals surface area contributed by atoms with Gasteiger partial charge in [0.15, 0.2) is 0 Å². The molecule has 0 aromatic carbocycles. The predicted molar refractivity (Wildman–Crippen MR) is 53.0 cm³/mol. The Labute approximate surface area is 79.4 Å². The van der Waals surface area contributed by atoms with Gasteiger partial charge in [0.2, 0.25) is 5.88 Å². The molecule has 1 aromatic rings. The van der Waals surface area contributed by atoms with Crippen LogP contribution in [0.3, 0.4) is 0 Å². The predicted octanol–water partition coefficient (Wildman–Crippen LogP) is 2.21. The molecule has 3 heteroatoms. The Morgan fingerprint density at radius 1 is 1.38 bits per heavy atom. The minimum atomic E-state index is -0.0584. The van der Waals surface area contributed by atoms with Crippen LogP contribution in [-0.4, -0.2) is 14.9 Å². The highest BCUT2D eigenvalue weighted by atomic mass is 16.3. The SMILES string of the molecule is CCc1c(C)c(O)nn1C(C)(C)C. The van der Waals surface area contributed by atoms with E-state index in [-0.39, 0.29) is 11.4 Å². The first-order valence-electron chi connectivity index (χ1n) is 4.66. The van der Waals surface area contributed by atoms with Gasteiger partial charge in [-0.15, -0.1) is 5.10 Å². The van der Waals surface area contributed by atoms with Gasteiger partial charge in [-0.1, -0.05) is 6.92 Å². The minimum absolute atomic E-state index is 0.0584. The van der Waals surface area contributed by atoms with E-state index in [0.29, 0.717) is 0 Å². The second-order valence-corrected chi connectivity index (χ2v) is 4.33. The van der Waals surface area contributed by atoms with Gasteiger partial charge in [0, 0.05) is 11.3 Å². The normalized spacial score (nSPS) is 12.1. The van der Waals surface area contributed by atoms with Gasteiger partial charge in [0.1, 0.15) is 0 Å². The number of nitrogens with zero attached hydrogens (tertiary/aromatic N) is 2. The van der Waals surface area contributed by atoms with Crippen LogP contribution in [-0.2, 0) is 12.0 Å². The Morgan fingerprint density at radius 3 is 2.23 bits per heavy atom. The maximum absolute atomic E-state index is 9.48. The molecule has 0 atom stereocenters. The quantitative estimate of drug-likeness (QED) is 0.723. The summed E-state index contributed by atoms with van der Waals surface area (Å²) in [7, 11) is 0. The number of hydrogen-bond acceptors (Lipinski definition) is 2. The number of rotatable bonds is 1. The smallest absolute Gasteiger partial charge is 0.233 e. The number of aromatic hydroxyl groups is 1. The summed E-state index contributed by atoms with van der Waals surface area (Å²) in [5.74, 6) is 0.159. The molecular weight excluding hydrogens is 164 g/mol. The van der Waals surface area contributed by atoms with Crippen molar-refractivity contribution in [1.82, 2.24) is 9.78 Å². The number of hydrogen-bond donors (Lipinski definition) is 1. The van der Waals surface area contributed by atoms with Crippen LogP contribution in [0, 0.1) is 6.92 Å². The first-order chi connectivity index (χ1) is 5.88. The molecule has 0 amide bonds. The zero-order chi connectivity index (χ0) is 10.2. The molecule has 1 rings (SSSR count). The lowest BCUT2D eigenvalue weighted by molar-refractivity contribution is 0.329. The minimum Gasteiger partial charge on any atom is -0.492 e. The second-order valence-electron chi connectivity index (χ2n) is 4.33. The summed E-state index contributed by atoms with van der Waals surface area (Å²) in [5, 5.41) is 13.6. The van der Waals surface area contributed by atoms with Crippen molar-refractivity contribution in [3.8, 4) is 5.88 Å². The Balaban J connectivity index is 3.30. The summed E-state index contributed by atoms with van der Waals surface area (Å²) in [6.45, 7) is 10.2. The third-order valence-electron chi connectivity index (χ3n) is 2.19. The maximum atomic E-state index is 9.48. The average molecular weight is 182 g/mol. The van der Waals surface area contributed by atoms with Crippen molar-refractivity contribution >= 4 is 0 Å². The zero-order valence-electron chi connectivity index (χ0n) is 9.05. The van der Waals surface area contributed by atoms with E-state index in [4.69, 9.17) is 0 Å². The van der Waals surface area contributed by atoms with Crippen molar-refractivity contribution in [2.75, 3.05) is 0 Å². The van der Waals surface area contributed by atoms with Gasteiger partial charge in [-0.05, 0) is 34.1 Å². The van der Waals surface area contributed by atoms with Gasteiger partial charge in [-0.25, -0.2) is 0 Å². The van der Waals surface area contributed by atoms with E-state index < -0.39 is 0 Å². The largest absolute Gasteiger partial charge is 0.492 e. The Bertz CT molecular complexity index is 307.